The molecular weight excluding hydrogens is 322 g/mol. The molecule has 5 nitrogen and oxygen atoms in total. The molecule has 0 saturated heterocycles. The summed E-state index contributed by atoms with van der Waals surface area (Å²) in [6.07, 6.45) is 2.68. The summed E-state index contributed by atoms with van der Waals surface area (Å²) in [5, 5.41) is 1.88. The van der Waals surface area contributed by atoms with Crippen LogP contribution in [0.2, 0.25) is 0 Å². The summed E-state index contributed by atoms with van der Waals surface area (Å²) in [7, 11) is 2.03. The van der Waals surface area contributed by atoms with Gasteiger partial charge in [-0.3, -0.25) is 9.20 Å². The Morgan fingerprint density at radius 1 is 1.33 bits per heavy atom. The van der Waals surface area contributed by atoms with Crippen LogP contribution < -0.4 is 10.3 Å². The first-order valence-electron chi connectivity index (χ1n) is 7.96. The molecule has 0 N–H and O–H groups in total. The van der Waals surface area contributed by atoms with Gasteiger partial charge in [0.05, 0.1) is 12.3 Å². The van der Waals surface area contributed by atoms with Crippen LogP contribution in [0.1, 0.15) is 17.7 Å². The topological polar surface area (TPSA) is 46.8 Å². The Kier molecular flexibility index (Phi) is 5.27. The van der Waals surface area contributed by atoms with Crippen LogP contribution in [0.4, 0.5) is 0 Å². The number of aryl methyl sites for hydroxylation is 1. The van der Waals surface area contributed by atoms with Gasteiger partial charge in [0.1, 0.15) is 5.75 Å². The van der Waals surface area contributed by atoms with Crippen LogP contribution in [-0.4, -0.2) is 34.5 Å². The lowest BCUT2D eigenvalue weighted by atomic mass is 10.2. The van der Waals surface area contributed by atoms with E-state index in [9.17, 15) is 4.79 Å². The lowest BCUT2D eigenvalue weighted by Crippen LogP contribution is -2.23. The van der Waals surface area contributed by atoms with Gasteiger partial charge in [0.2, 0.25) is 0 Å². The van der Waals surface area contributed by atoms with Crippen molar-refractivity contribution in [3.8, 4) is 5.75 Å². The number of hydrogen-bond donors (Lipinski definition) is 0. The highest BCUT2D eigenvalue weighted by atomic mass is 32.1. The Morgan fingerprint density at radius 3 is 3.00 bits per heavy atom. The van der Waals surface area contributed by atoms with Crippen molar-refractivity contribution in [2.24, 2.45) is 0 Å². The SMILES string of the molecule is Cc1ccccc1OCCCN(C)Cc1cc(=O)n2ccsc2n1. The van der Waals surface area contributed by atoms with Gasteiger partial charge in [-0.2, -0.15) is 0 Å². The number of nitrogens with zero attached hydrogens (tertiary/aromatic N) is 3. The third-order valence-electron chi connectivity index (χ3n) is 3.82. The highest BCUT2D eigenvalue weighted by molar-refractivity contribution is 7.15. The van der Waals surface area contributed by atoms with Crippen LogP contribution in [-0.2, 0) is 6.54 Å². The fourth-order valence-corrected chi connectivity index (χ4v) is 3.30. The van der Waals surface area contributed by atoms with E-state index in [4.69, 9.17) is 4.74 Å². The molecule has 0 aliphatic carbocycles. The first kappa shape index (κ1) is 16.7. The fourth-order valence-electron chi connectivity index (χ4n) is 2.56. The molecule has 0 spiro atoms. The maximum absolute atomic E-state index is 12.0. The van der Waals surface area contributed by atoms with Crippen molar-refractivity contribution in [2.75, 3.05) is 20.2 Å². The molecule has 0 amide bonds. The number of hydrogen-bond acceptors (Lipinski definition) is 5. The molecule has 6 heteroatoms. The van der Waals surface area contributed by atoms with Crippen molar-refractivity contribution in [3.63, 3.8) is 0 Å². The third kappa shape index (κ3) is 4.01. The molecule has 2 heterocycles. The lowest BCUT2D eigenvalue weighted by molar-refractivity contribution is 0.256. The summed E-state index contributed by atoms with van der Waals surface area (Å²) in [6, 6.07) is 9.65. The lowest BCUT2D eigenvalue weighted by Gasteiger charge is -2.16. The molecule has 0 radical (unpaired) electrons. The van der Waals surface area contributed by atoms with Gasteiger partial charge < -0.3 is 9.64 Å². The van der Waals surface area contributed by atoms with Crippen LogP contribution in [0.3, 0.4) is 0 Å². The minimum absolute atomic E-state index is 0.0208. The van der Waals surface area contributed by atoms with Crippen LogP contribution in [0.25, 0.3) is 4.96 Å². The number of aromatic nitrogens is 2. The van der Waals surface area contributed by atoms with Crippen molar-refractivity contribution in [3.05, 3.63) is 63.5 Å². The van der Waals surface area contributed by atoms with Crippen molar-refractivity contribution in [1.82, 2.24) is 14.3 Å². The van der Waals surface area contributed by atoms with Gasteiger partial charge in [0, 0.05) is 30.7 Å². The number of rotatable bonds is 7. The Balaban J connectivity index is 1.49. The minimum atomic E-state index is -0.0208. The first-order valence-corrected chi connectivity index (χ1v) is 8.84. The van der Waals surface area contributed by atoms with Crippen molar-refractivity contribution in [1.29, 1.82) is 0 Å². The van der Waals surface area contributed by atoms with Gasteiger partial charge in [0.25, 0.3) is 5.56 Å². The van der Waals surface area contributed by atoms with Gasteiger partial charge in [-0.05, 0) is 32.0 Å². The normalized spacial score (nSPS) is 11.3. The summed E-state index contributed by atoms with van der Waals surface area (Å²) in [4.78, 5) is 19.4. The predicted molar refractivity (Wildman–Crippen MR) is 97.0 cm³/mol. The van der Waals surface area contributed by atoms with Gasteiger partial charge in [-0.1, -0.05) is 18.2 Å². The maximum atomic E-state index is 12.0. The molecule has 3 aromatic rings. The summed E-state index contributed by atoms with van der Waals surface area (Å²) in [5.41, 5.74) is 1.94. The zero-order valence-corrected chi connectivity index (χ0v) is 14.8. The highest BCUT2D eigenvalue weighted by Crippen LogP contribution is 2.16. The van der Waals surface area contributed by atoms with Gasteiger partial charge in [-0.15, -0.1) is 11.3 Å². The monoisotopic (exact) mass is 343 g/mol. The van der Waals surface area contributed by atoms with Crippen LogP contribution >= 0.6 is 11.3 Å². The van der Waals surface area contributed by atoms with E-state index in [0.717, 1.165) is 34.9 Å². The molecule has 0 bridgehead atoms. The molecule has 2 aromatic heterocycles. The molecule has 3 rings (SSSR count). The summed E-state index contributed by atoms with van der Waals surface area (Å²) in [6.45, 7) is 4.27. The summed E-state index contributed by atoms with van der Waals surface area (Å²) in [5.74, 6) is 0.943. The average Bonchev–Trinajstić information content (AvgIpc) is 3.02. The van der Waals surface area contributed by atoms with Crippen LogP contribution in [0.5, 0.6) is 5.75 Å². The zero-order valence-electron chi connectivity index (χ0n) is 13.9. The van der Waals surface area contributed by atoms with Crippen molar-refractivity contribution in [2.45, 2.75) is 19.9 Å². The second-order valence-corrected chi connectivity index (χ2v) is 6.72. The molecule has 0 saturated carbocycles. The second-order valence-electron chi connectivity index (χ2n) is 5.85. The number of fused-ring (bicyclic) bond motifs is 1. The number of benzene rings is 1. The van der Waals surface area contributed by atoms with E-state index in [1.165, 1.54) is 11.3 Å². The molecule has 0 aliphatic rings. The summed E-state index contributed by atoms with van der Waals surface area (Å²) >= 11 is 1.48. The van der Waals surface area contributed by atoms with E-state index in [2.05, 4.69) is 9.88 Å². The highest BCUT2D eigenvalue weighted by Gasteiger charge is 2.06. The first-order chi connectivity index (χ1) is 11.6. The van der Waals surface area contributed by atoms with E-state index in [1.54, 1.807) is 16.7 Å². The van der Waals surface area contributed by atoms with Gasteiger partial charge >= 0.3 is 0 Å². The van der Waals surface area contributed by atoms with Crippen LogP contribution in [0, 0.1) is 6.92 Å². The fraction of sp³-hybridized carbons (Fsp3) is 0.333. The number of para-hydroxylation sites is 1. The van der Waals surface area contributed by atoms with Crippen molar-refractivity contribution >= 4 is 16.3 Å². The predicted octanol–water partition coefficient (Wildman–Crippen LogP) is 2.97. The zero-order chi connectivity index (χ0) is 16.9. The van der Waals surface area contributed by atoms with E-state index in [-0.39, 0.29) is 5.56 Å². The Bertz CT molecular complexity index is 872. The molecule has 0 unspecified atom stereocenters. The Morgan fingerprint density at radius 2 is 2.17 bits per heavy atom. The molecular formula is C18H21N3O2S. The van der Waals surface area contributed by atoms with Gasteiger partial charge in [0.15, 0.2) is 4.96 Å². The van der Waals surface area contributed by atoms with Crippen LogP contribution in [0.15, 0.2) is 46.7 Å². The number of thiazole rings is 1. The maximum Gasteiger partial charge on any atom is 0.258 e. The standard InChI is InChI=1S/C18H21N3O2S/c1-14-6-3-4-7-16(14)23-10-5-8-20(2)13-15-12-17(22)21-9-11-24-18(21)19-15/h3-4,6-7,9,11-12H,5,8,10,13H2,1-2H3. The number of ether oxygens (including phenoxy) is 1. The molecule has 1 aromatic carbocycles. The van der Waals surface area contributed by atoms with E-state index in [1.807, 2.05) is 43.6 Å². The molecule has 126 valence electrons. The van der Waals surface area contributed by atoms with Crippen molar-refractivity contribution < 1.29 is 4.74 Å². The Hall–Kier alpha value is -2.18. The summed E-state index contributed by atoms with van der Waals surface area (Å²) < 4.78 is 7.38. The molecule has 0 atom stereocenters. The average molecular weight is 343 g/mol. The quantitative estimate of drug-likeness (QED) is 0.619. The van der Waals surface area contributed by atoms with E-state index in [0.29, 0.717) is 13.2 Å². The third-order valence-corrected chi connectivity index (χ3v) is 4.58. The van der Waals surface area contributed by atoms with E-state index >= 15 is 0 Å². The molecule has 0 fully saturated rings. The largest absolute Gasteiger partial charge is 0.493 e. The smallest absolute Gasteiger partial charge is 0.258 e. The second kappa shape index (κ2) is 7.59. The molecule has 0 aliphatic heterocycles. The Labute approximate surface area is 145 Å². The van der Waals surface area contributed by atoms with E-state index < -0.39 is 0 Å². The minimum Gasteiger partial charge on any atom is -0.493 e. The van der Waals surface area contributed by atoms with Gasteiger partial charge in [-0.25, -0.2) is 4.98 Å². The molecule has 24 heavy (non-hydrogen) atoms.